The van der Waals surface area contributed by atoms with Crippen molar-refractivity contribution in [3.05, 3.63) is 40.4 Å². The molecule has 0 bridgehead atoms. The summed E-state index contributed by atoms with van der Waals surface area (Å²) in [6.45, 7) is 7.83. The van der Waals surface area contributed by atoms with E-state index in [0.717, 1.165) is 11.4 Å². The molecule has 2 fully saturated rings. The van der Waals surface area contributed by atoms with Gasteiger partial charge in [-0.1, -0.05) is 36.8 Å². The standard InChI is InChI=1S/C22H31N5OS/c1-3-4-10-27-11-8-18(9-12-27)23-20-14-19(20)16-6-5-7-17(13-16)21(28)24-22-26-25-15(2)29-22/h5-7,13,18-20,23H,3-4,8-12,14H2,1-2H3,(H,24,26,28). The van der Waals surface area contributed by atoms with E-state index in [0.29, 0.717) is 28.7 Å². The van der Waals surface area contributed by atoms with E-state index in [-0.39, 0.29) is 5.91 Å². The summed E-state index contributed by atoms with van der Waals surface area (Å²) >= 11 is 1.39. The van der Waals surface area contributed by atoms with Crippen LogP contribution < -0.4 is 10.6 Å². The first-order chi connectivity index (χ1) is 14.1. The highest BCUT2D eigenvalue weighted by atomic mass is 32.1. The molecule has 2 aromatic rings. The predicted molar refractivity (Wildman–Crippen MR) is 118 cm³/mol. The van der Waals surface area contributed by atoms with Crippen molar-refractivity contribution >= 4 is 22.4 Å². The zero-order valence-electron chi connectivity index (χ0n) is 17.4. The van der Waals surface area contributed by atoms with Crippen LogP contribution in [0.4, 0.5) is 5.13 Å². The summed E-state index contributed by atoms with van der Waals surface area (Å²) in [6, 6.07) is 9.20. The molecule has 2 atom stereocenters. The van der Waals surface area contributed by atoms with Gasteiger partial charge in [-0.25, -0.2) is 0 Å². The average molecular weight is 414 g/mol. The molecule has 1 aliphatic heterocycles. The number of piperidine rings is 1. The van der Waals surface area contributed by atoms with Crippen LogP contribution in [-0.4, -0.2) is 52.7 Å². The molecule has 29 heavy (non-hydrogen) atoms. The number of rotatable bonds is 8. The van der Waals surface area contributed by atoms with Crippen LogP contribution in [0.2, 0.25) is 0 Å². The van der Waals surface area contributed by atoms with Crippen LogP contribution in [0.5, 0.6) is 0 Å². The fourth-order valence-corrected chi connectivity index (χ4v) is 4.77. The van der Waals surface area contributed by atoms with Crippen LogP contribution in [0.1, 0.15) is 65.9 Å². The van der Waals surface area contributed by atoms with Crippen molar-refractivity contribution in [3.8, 4) is 0 Å². The number of aryl methyl sites for hydroxylation is 1. The Morgan fingerprint density at radius 1 is 1.28 bits per heavy atom. The summed E-state index contributed by atoms with van der Waals surface area (Å²) in [5, 5.41) is 16.0. The van der Waals surface area contributed by atoms with E-state index >= 15 is 0 Å². The van der Waals surface area contributed by atoms with E-state index in [9.17, 15) is 4.79 Å². The van der Waals surface area contributed by atoms with Crippen LogP contribution >= 0.6 is 11.3 Å². The molecule has 6 nitrogen and oxygen atoms in total. The normalized spacial score (nSPS) is 22.6. The molecule has 1 aromatic carbocycles. The SMILES string of the molecule is CCCCN1CCC(NC2CC2c2cccc(C(=O)Nc3nnc(C)s3)c2)CC1. The Kier molecular flexibility index (Phi) is 6.57. The second kappa shape index (κ2) is 9.32. The van der Waals surface area contributed by atoms with Crippen molar-refractivity contribution in [2.45, 2.75) is 64.0 Å². The van der Waals surface area contributed by atoms with Crippen molar-refractivity contribution in [1.82, 2.24) is 20.4 Å². The van der Waals surface area contributed by atoms with E-state index in [4.69, 9.17) is 0 Å². The molecule has 156 valence electrons. The molecule has 1 saturated heterocycles. The summed E-state index contributed by atoms with van der Waals surface area (Å²) in [5.41, 5.74) is 1.94. The molecule has 2 aliphatic rings. The van der Waals surface area contributed by atoms with Gasteiger partial charge in [0, 0.05) is 23.6 Å². The smallest absolute Gasteiger partial charge is 0.257 e. The molecule has 1 aliphatic carbocycles. The third-order valence-corrected chi connectivity index (χ3v) is 6.73. The molecule has 0 radical (unpaired) electrons. The van der Waals surface area contributed by atoms with Crippen LogP contribution in [0, 0.1) is 6.92 Å². The third-order valence-electron chi connectivity index (χ3n) is 5.98. The highest BCUT2D eigenvalue weighted by molar-refractivity contribution is 7.15. The lowest BCUT2D eigenvalue weighted by atomic mass is 10.0. The molecule has 1 saturated carbocycles. The lowest BCUT2D eigenvalue weighted by molar-refractivity contribution is 0.102. The Hall–Kier alpha value is -1.83. The first kappa shape index (κ1) is 20.4. The number of hydrogen-bond donors (Lipinski definition) is 2. The van der Waals surface area contributed by atoms with E-state index in [2.05, 4.69) is 38.7 Å². The Morgan fingerprint density at radius 2 is 2.10 bits per heavy atom. The summed E-state index contributed by atoms with van der Waals surface area (Å²) in [5.74, 6) is 0.400. The number of anilines is 1. The molecule has 1 amide bonds. The lowest BCUT2D eigenvalue weighted by Crippen LogP contribution is -2.43. The summed E-state index contributed by atoms with van der Waals surface area (Å²) in [7, 11) is 0. The minimum Gasteiger partial charge on any atom is -0.311 e. The fraction of sp³-hybridized carbons (Fsp3) is 0.591. The second-order valence-corrected chi connectivity index (χ2v) is 9.47. The van der Waals surface area contributed by atoms with Gasteiger partial charge in [0.1, 0.15) is 5.01 Å². The Bertz CT molecular complexity index is 830. The van der Waals surface area contributed by atoms with E-state index in [1.54, 1.807) is 0 Å². The Labute approximate surface area is 177 Å². The van der Waals surface area contributed by atoms with Crippen LogP contribution in [-0.2, 0) is 0 Å². The second-order valence-electron chi connectivity index (χ2n) is 8.29. The minimum absolute atomic E-state index is 0.118. The minimum atomic E-state index is -0.118. The number of benzene rings is 1. The maximum absolute atomic E-state index is 12.5. The summed E-state index contributed by atoms with van der Waals surface area (Å²) in [6.07, 6.45) is 6.24. The number of likely N-dealkylation sites (tertiary alicyclic amines) is 1. The summed E-state index contributed by atoms with van der Waals surface area (Å²) < 4.78 is 0. The highest BCUT2D eigenvalue weighted by Gasteiger charge is 2.40. The van der Waals surface area contributed by atoms with Gasteiger partial charge in [-0.3, -0.25) is 10.1 Å². The van der Waals surface area contributed by atoms with Crippen molar-refractivity contribution in [2.75, 3.05) is 25.0 Å². The fourth-order valence-electron chi connectivity index (χ4n) is 4.18. The number of hydrogen-bond acceptors (Lipinski definition) is 6. The van der Waals surface area contributed by atoms with Gasteiger partial charge in [0.15, 0.2) is 0 Å². The number of carbonyl (C=O) groups is 1. The van der Waals surface area contributed by atoms with Gasteiger partial charge in [-0.05, 0) is 69.9 Å². The molecule has 4 rings (SSSR count). The molecule has 2 unspecified atom stereocenters. The summed E-state index contributed by atoms with van der Waals surface area (Å²) in [4.78, 5) is 15.1. The quantitative estimate of drug-likeness (QED) is 0.689. The van der Waals surface area contributed by atoms with Gasteiger partial charge in [0.25, 0.3) is 5.91 Å². The molecular weight excluding hydrogens is 382 g/mol. The van der Waals surface area contributed by atoms with Gasteiger partial charge in [0.2, 0.25) is 5.13 Å². The van der Waals surface area contributed by atoms with Gasteiger partial charge in [-0.15, -0.1) is 10.2 Å². The van der Waals surface area contributed by atoms with Gasteiger partial charge < -0.3 is 10.2 Å². The zero-order valence-corrected chi connectivity index (χ0v) is 18.2. The number of amides is 1. The largest absolute Gasteiger partial charge is 0.311 e. The van der Waals surface area contributed by atoms with Crippen molar-refractivity contribution in [1.29, 1.82) is 0 Å². The number of nitrogens with zero attached hydrogens (tertiary/aromatic N) is 3. The molecule has 0 spiro atoms. The number of nitrogens with one attached hydrogen (secondary N) is 2. The first-order valence-corrected chi connectivity index (χ1v) is 11.6. The number of aromatic nitrogens is 2. The maximum Gasteiger partial charge on any atom is 0.257 e. The van der Waals surface area contributed by atoms with Crippen molar-refractivity contribution < 1.29 is 4.79 Å². The van der Waals surface area contributed by atoms with E-state index in [1.807, 2.05) is 25.1 Å². The Balaban J connectivity index is 1.27. The predicted octanol–water partition coefficient (Wildman–Crippen LogP) is 3.81. The molecule has 2 N–H and O–H groups in total. The maximum atomic E-state index is 12.5. The molecule has 1 aromatic heterocycles. The van der Waals surface area contributed by atoms with Crippen LogP contribution in [0.15, 0.2) is 24.3 Å². The average Bonchev–Trinajstić information content (AvgIpc) is 3.39. The van der Waals surface area contributed by atoms with Crippen LogP contribution in [0.3, 0.4) is 0 Å². The third kappa shape index (κ3) is 5.41. The molecular formula is C22H31N5OS. The highest BCUT2D eigenvalue weighted by Crippen LogP contribution is 2.41. The Morgan fingerprint density at radius 3 is 2.83 bits per heavy atom. The zero-order chi connectivity index (χ0) is 20.2. The monoisotopic (exact) mass is 413 g/mol. The van der Waals surface area contributed by atoms with Gasteiger partial charge in [-0.2, -0.15) is 0 Å². The van der Waals surface area contributed by atoms with Crippen molar-refractivity contribution in [3.63, 3.8) is 0 Å². The molecule has 2 heterocycles. The number of carbonyl (C=O) groups excluding carboxylic acids is 1. The molecule has 7 heteroatoms. The topological polar surface area (TPSA) is 70.2 Å². The lowest BCUT2D eigenvalue weighted by Gasteiger charge is -2.32. The van der Waals surface area contributed by atoms with Gasteiger partial charge in [0.05, 0.1) is 0 Å². The van der Waals surface area contributed by atoms with E-state index < -0.39 is 0 Å². The van der Waals surface area contributed by atoms with Crippen molar-refractivity contribution in [2.24, 2.45) is 0 Å². The first-order valence-electron chi connectivity index (χ1n) is 10.8. The van der Waals surface area contributed by atoms with Gasteiger partial charge >= 0.3 is 0 Å². The van der Waals surface area contributed by atoms with Crippen LogP contribution in [0.25, 0.3) is 0 Å². The number of unbranched alkanes of at least 4 members (excludes halogenated alkanes) is 1. The van der Waals surface area contributed by atoms with E-state index in [1.165, 1.54) is 62.2 Å².